The minimum atomic E-state index is -0.961. The highest BCUT2D eigenvalue weighted by molar-refractivity contribution is 6.12. The molecule has 0 fully saturated rings. The Morgan fingerprint density at radius 1 is 0.621 bits per heavy atom. The van der Waals surface area contributed by atoms with E-state index in [0.29, 0.717) is 6.42 Å². The van der Waals surface area contributed by atoms with Crippen molar-refractivity contribution in [1.29, 1.82) is 0 Å². The lowest BCUT2D eigenvalue weighted by atomic mass is 10.2. The summed E-state index contributed by atoms with van der Waals surface area (Å²) < 4.78 is 49.5. The molecule has 1 aliphatic rings. The van der Waals surface area contributed by atoms with Crippen molar-refractivity contribution in [3.8, 4) is 0 Å². The molecule has 0 bridgehead atoms. The van der Waals surface area contributed by atoms with Crippen molar-refractivity contribution < 1.29 is 102 Å². The Morgan fingerprint density at radius 2 is 1.03 bits per heavy atom. The van der Waals surface area contributed by atoms with E-state index in [9.17, 15) is 28.8 Å². The van der Waals surface area contributed by atoms with Gasteiger partial charge >= 0.3 is 17.9 Å². The van der Waals surface area contributed by atoms with Crippen LogP contribution in [0.3, 0.4) is 0 Å². The second-order valence-corrected chi connectivity index (χ2v) is 11.5. The molecule has 0 saturated heterocycles. The van der Waals surface area contributed by atoms with Crippen LogP contribution >= 0.6 is 0 Å². The second kappa shape index (κ2) is 36.4. The largest absolute Gasteiger partial charge is 0.481 e. The average Bonchev–Trinajstić information content (AvgIpc) is 3.54. The second-order valence-electron chi connectivity index (χ2n) is 11.5. The quantitative estimate of drug-likeness (QED) is 0.0254. The molecule has 338 valence electrons. The van der Waals surface area contributed by atoms with Crippen LogP contribution in [0.5, 0.6) is 0 Å². The van der Waals surface area contributed by atoms with E-state index in [0.717, 1.165) is 4.90 Å². The van der Waals surface area contributed by atoms with E-state index in [-0.39, 0.29) is 103 Å². The molecule has 0 aromatic carbocycles. The minimum absolute atomic E-state index is 0.0104. The van der Waals surface area contributed by atoms with Crippen molar-refractivity contribution in [3.05, 3.63) is 12.2 Å². The Balaban J connectivity index is 0. The summed E-state index contributed by atoms with van der Waals surface area (Å²) in [6.45, 7) is 0.802. The van der Waals surface area contributed by atoms with Gasteiger partial charge in [-0.05, 0) is 19.3 Å². The molecule has 23 heteroatoms. The summed E-state index contributed by atoms with van der Waals surface area (Å²) in [5, 5.41) is 46.1. The van der Waals surface area contributed by atoms with E-state index in [1.54, 1.807) is 0 Å². The molecule has 1 rings (SSSR count). The van der Waals surface area contributed by atoms with Crippen LogP contribution in [0, 0.1) is 0 Å². The molecule has 1 heterocycles. The zero-order chi connectivity index (χ0) is 44.3. The Bertz CT molecular complexity index is 1130. The van der Waals surface area contributed by atoms with Crippen molar-refractivity contribution in [3.63, 3.8) is 0 Å². The smallest absolute Gasteiger partial charge is 0.305 e. The normalized spacial score (nSPS) is 15.2. The Kier molecular flexibility index (Phi) is 35.3. The van der Waals surface area contributed by atoms with Crippen molar-refractivity contribution in [2.75, 3.05) is 88.3 Å². The number of aliphatic carboxylic acids is 1. The van der Waals surface area contributed by atoms with Gasteiger partial charge < -0.3 is 78.2 Å². The van der Waals surface area contributed by atoms with Crippen LogP contribution in [0.1, 0.15) is 51.9 Å². The number of rotatable bonds is 31. The zero-order valence-electron chi connectivity index (χ0n) is 33.9. The number of aliphatic hydroxyl groups excluding tert-OH is 4. The maximum Gasteiger partial charge on any atom is 0.305 e. The number of ether oxygens (including phenoxy) is 10. The Hall–Kier alpha value is -3.72. The number of carbonyl (C=O) groups excluding carboxylic acids is 5. The number of hydrogen-bond acceptors (Lipinski definition) is 20. The summed E-state index contributed by atoms with van der Waals surface area (Å²) >= 11 is 0. The molecule has 0 radical (unpaired) electrons. The number of esters is 2. The van der Waals surface area contributed by atoms with Gasteiger partial charge in [0.25, 0.3) is 11.8 Å². The number of amides is 3. The molecule has 6 N–H and O–H groups in total. The zero-order valence-corrected chi connectivity index (χ0v) is 33.9. The van der Waals surface area contributed by atoms with Crippen LogP contribution in [0.15, 0.2) is 12.2 Å². The third kappa shape index (κ3) is 28.6. The molecular weight excluding hydrogens is 784 g/mol. The van der Waals surface area contributed by atoms with Gasteiger partial charge in [-0.2, -0.15) is 0 Å². The van der Waals surface area contributed by atoms with Crippen LogP contribution in [-0.2, 0) is 76.1 Å². The number of nitrogens with one attached hydrogen (secondary N) is 1. The van der Waals surface area contributed by atoms with Gasteiger partial charge in [0.15, 0.2) is 31.5 Å². The summed E-state index contributed by atoms with van der Waals surface area (Å²) in [5.74, 6) is -3.14. The monoisotopic (exact) mass is 846 g/mol. The van der Waals surface area contributed by atoms with E-state index in [2.05, 4.69) is 5.32 Å². The maximum absolute atomic E-state index is 11.7. The van der Waals surface area contributed by atoms with Gasteiger partial charge in [-0.3, -0.25) is 33.7 Å². The van der Waals surface area contributed by atoms with Gasteiger partial charge in [0, 0.05) is 86.5 Å². The minimum Gasteiger partial charge on any atom is -0.481 e. The van der Waals surface area contributed by atoms with E-state index < -0.39 is 61.2 Å². The average molecular weight is 847 g/mol. The SMILES string of the molecule is CCC(CO)OC(CO)OC.COC(CO)OC(COC(=O)CCCC(=O)NCCN1C(=O)C=CC1=O)OC.COC(CO)OC(COC(=O)CCCC(=O)O)OC. The predicted octanol–water partition coefficient (Wildman–Crippen LogP) is -1.83. The molecule has 6 atom stereocenters. The molecule has 58 heavy (non-hydrogen) atoms. The van der Waals surface area contributed by atoms with Gasteiger partial charge in [0.05, 0.1) is 32.5 Å². The highest BCUT2D eigenvalue weighted by Crippen LogP contribution is 2.07. The number of methoxy groups -OCH3 is 5. The fourth-order valence-electron chi connectivity index (χ4n) is 3.96. The Labute approximate surface area is 337 Å². The molecule has 0 saturated carbocycles. The van der Waals surface area contributed by atoms with Crippen molar-refractivity contribution in [1.82, 2.24) is 10.2 Å². The first-order chi connectivity index (χ1) is 27.7. The van der Waals surface area contributed by atoms with E-state index in [4.69, 9.17) is 72.9 Å². The molecule has 1 aliphatic heterocycles. The van der Waals surface area contributed by atoms with Crippen LogP contribution in [0.4, 0.5) is 0 Å². The number of hydrogen-bond donors (Lipinski definition) is 6. The first-order valence-corrected chi connectivity index (χ1v) is 18.1. The highest BCUT2D eigenvalue weighted by atomic mass is 16.8. The maximum atomic E-state index is 11.7. The lowest BCUT2D eigenvalue weighted by Gasteiger charge is -2.21. The molecule has 0 aromatic rings. The lowest BCUT2D eigenvalue weighted by molar-refractivity contribution is -0.251. The molecular formula is C35H62N2O21. The summed E-state index contributed by atoms with van der Waals surface area (Å²) in [6.07, 6.45) is -0.807. The van der Waals surface area contributed by atoms with Gasteiger partial charge in [-0.15, -0.1) is 0 Å². The molecule has 0 aromatic heterocycles. The molecule has 6 unspecified atom stereocenters. The van der Waals surface area contributed by atoms with E-state index >= 15 is 0 Å². The fourth-order valence-corrected chi connectivity index (χ4v) is 3.96. The number of carbonyl (C=O) groups is 6. The number of carboxylic acid groups (broad SMARTS) is 1. The van der Waals surface area contributed by atoms with Gasteiger partial charge in [-0.25, -0.2) is 0 Å². The van der Waals surface area contributed by atoms with Crippen molar-refractivity contribution in [2.24, 2.45) is 0 Å². The summed E-state index contributed by atoms with van der Waals surface area (Å²) in [7, 11) is 6.86. The van der Waals surface area contributed by atoms with Gasteiger partial charge in [-0.1, -0.05) is 6.92 Å². The standard InChI is InChI=1S/C17H26N2O9.C11H20O8.C7H16O4/c1-25-16(10-20)28-17(26-2)11-27-15(24)5-3-4-12(21)18-8-9-19-13(22)6-7-14(19)23;1-16-10(6-12)19-11(17-2)7-18-9(15)5-3-4-8(13)14;1-3-6(4-8)11-7(5-9)10-2/h6-7,16-17,20H,3-5,8-11H2,1-2H3,(H,18,21);10-12H,3-7H2,1-2H3,(H,13,14);6-9H,3-5H2,1-2H3. The van der Waals surface area contributed by atoms with E-state index in [1.807, 2.05) is 6.92 Å². The van der Waals surface area contributed by atoms with Crippen LogP contribution in [0.25, 0.3) is 0 Å². The third-order valence-electron chi connectivity index (χ3n) is 7.25. The summed E-state index contributed by atoms with van der Waals surface area (Å²) in [6, 6.07) is 0. The van der Waals surface area contributed by atoms with Crippen LogP contribution in [-0.4, -0.2) is 192 Å². The molecule has 0 spiro atoms. The fraction of sp³-hybridized carbons (Fsp3) is 0.771. The predicted molar refractivity (Wildman–Crippen MR) is 196 cm³/mol. The van der Waals surface area contributed by atoms with Crippen LogP contribution < -0.4 is 5.32 Å². The number of imide groups is 1. The van der Waals surface area contributed by atoms with E-state index in [1.165, 1.54) is 47.7 Å². The van der Waals surface area contributed by atoms with Gasteiger partial charge in [0.2, 0.25) is 5.91 Å². The number of carboxylic acids is 1. The molecule has 0 aliphatic carbocycles. The topological polar surface area (TPSA) is 311 Å². The van der Waals surface area contributed by atoms with Crippen LogP contribution in [0.2, 0.25) is 0 Å². The summed E-state index contributed by atoms with van der Waals surface area (Å²) in [5.41, 5.74) is 0. The first-order valence-electron chi connectivity index (χ1n) is 18.1. The third-order valence-corrected chi connectivity index (χ3v) is 7.25. The molecule has 23 nitrogen and oxygen atoms in total. The first kappa shape index (κ1) is 56.4. The number of nitrogens with zero attached hydrogens (tertiary/aromatic N) is 1. The molecule has 3 amide bonds. The van der Waals surface area contributed by atoms with Crippen molar-refractivity contribution in [2.45, 2.75) is 89.4 Å². The summed E-state index contributed by atoms with van der Waals surface area (Å²) in [4.78, 5) is 68.6. The van der Waals surface area contributed by atoms with Crippen molar-refractivity contribution >= 4 is 35.6 Å². The Morgan fingerprint density at radius 3 is 1.40 bits per heavy atom. The lowest BCUT2D eigenvalue weighted by Crippen LogP contribution is -2.38. The number of aliphatic hydroxyl groups is 4. The highest BCUT2D eigenvalue weighted by Gasteiger charge is 2.23. The van der Waals surface area contributed by atoms with Gasteiger partial charge in [0.1, 0.15) is 13.2 Å².